The van der Waals surface area contributed by atoms with Crippen LogP contribution >= 0.6 is 69.6 Å². The first kappa shape index (κ1) is 58.0. The van der Waals surface area contributed by atoms with E-state index < -0.39 is 22.2 Å². The van der Waals surface area contributed by atoms with Gasteiger partial charge in [0.25, 0.3) is 0 Å². The number of carbonyl (C=O) groups excluding carboxylic acids is 1. The number of ketones is 1. The van der Waals surface area contributed by atoms with Gasteiger partial charge in [0.2, 0.25) is 0 Å². The number of hydrogen-bond donors (Lipinski definition) is 1. The molecule has 2 saturated carbocycles. The van der Waals surface area contributed by atoms with Gasteiger partial charge in [0.05, 0.1) is 5.60 Å². The molecule has 5 atom stereocenters. The van der Waals surface area contributed by atoms with Gasteiger partial charge >= 0.3 is 23.1 Å². The van der Waals surface area contributed by atoms with Gasteiger partial charge in [0, 0.05) is 56.6 Å². The van der Waals surface area contributed by atoms with E-state index in [1.165, 1.54) is 0 Å². The molecule has 1 N–H and O–H groups in total. The fourth-order valence-corrected chi connectivity index (χ4v) is 10.7. The molecule has 4 nitrogen and oxygen atoms in total. The van der Waals surface area contributed by atoms with Gasteiger partial charge in [0.1, 0.15) is 5.78 Å². The standard InChI is InChI=1S/C24H31Cl3O2Si.C18H26Cl2O2Si.C6H4Cl.BrH.Mg/c1-23(2,3)30(4,5)29-15-16-12-21(20-11-10-19(26)13-22(20)27)24(28,14-16)17-6-8-18(25)9-7-17;1-18(2,3)23(4,5)22-11-12-8-15(17(21)9-12)14-7-6-13(19)10-16(14)20;7-6-4-2-1-3-5-6;;/h6-11,13,16,21,28H,12,14-15H2,1-5H3;6-7,10,12,15H,8-9,11H2,1-5H3;2-5H;1H;/q;;-1;;+2/p-1. The van der Waals surface area contributed by atoms with Crippen molar-refractivity contribution in [2.45, 2.75) is 121 Å². The summed E-state index contributed by atoms with van der Waals surface area (Å²) in [6, 6.07) is 28.4. The largest absolute Gasteiger partial charge is 2.00 e. The number of hydrogen-bond acceptors (Lipinski definition) is 4. The van der Waals surface area contributed by atoms with E-state index >= 15 is 0 Å². The van der Waals surface area contributed by atoms with Crippen molar-refractivity contribution < 1.29 is 35.7 Å². The van der Waals surface area contributed by atoms with Crippen LogP contribution in [-0.2, 0) is 19.2 Å². The van der Waals surface area contributed by atoms with E-state index in [0.29, 0.717) is 51.2 Å². The summed E-state index contributed by atoms with van der Waals surface area (Å²) < 4.78 is 12.8. The van der Waals surface area contributed by atoms with E-state index in [0.717, 1.165) is 34.6 Å². The van der Waals surface area contributed by atoms with E-state index in [1.54, 1.807) is 42.5 Å². The Bertz CT molecular complexity index is 2050. The molecular formula is C48H61BrCl6MgO4Si2. The van der Waals surface area contributed by atoms with Crippen LogP contribution in [0.25, 0.3) is 0 Å². The van der Waals surface area contributed by atoms with Crippen LogP contribution in [-0.4, -0.2) is 63.8 Å². The fourth-order valence-electron chi connectivity index (χ4n) is 7.19. The third-order valence-electron chi connectivity index (χ3n) is 12.9. The van der Waals surface area contributed by atoms with Gasteiger partial charge in [-0.3, -0.25) is 4.79 Å². The molecular weight excluding hydrogens is 1010 g/mol. The summed E-state index contributed by atoms with van der Waals surface area (Å²) in [6.07, 6.45) is 2.81. The SMILES string of the molecule is CC(C)(C)[Si](C)(C)OCC1CC(=O)C(c2ccc(Cl)cc2Cl)C1.CC(C)(C)[Si](C)(C)OCC1CC(c2ccc(Cl)cc2Cl)C(O)(c2ccc(Cl)cc2)C1.Clc1cc[c-]cc1.[Br-].[Mg+2]. The first-order valence-electron chi connectivity index (χ1n) is 20.5. The third kappa shape index (κ3) is 15.7. The number of carbonyl (C=O) groups is 1. The van der Waals surface area contributed by atoms with Crippen molar-refractivity contribution in [2.75, 3.05) is 13.2 Å². The fraction of sp³-hybridized carbons (Fsp3) is 0.479. The summed E-state index contributed by atoms with van der Waals surface area (Å²) in [4.78, 5) is 12.4. The van der Waals surface area contributed by atoms with Gasteiger partial charge in [-0.2, -0.15) is 30.3 Å². The van der Waals surface area contributed by atoms with Crippen molar-refractivity contribution in [3.8, 4) is 0 Å². The zero-order chi connectivity index (χ0) is 44.8. The molecule has 336 valence electrons. The van der Waals surface area contributed by atoms with Crippen LogP contribution in [0.3, 0.4) is 0 Å². The van der Waals surface area contributed by atoms with Crippen LogP contribution < -0.4 is 17.0 Å². The molecule has 0 bridgehead atoms. The number of aliphatic hydroxyl groups is 1. The Kier molecular flexibility index (Phi) is 22.7. The van der Waals surface area contributed by atoms with E-state index in [-0.39, 0.29) is 79.6 Å². The van der Waals surface area contributed by atoms with Crippen LogP contribution in [0.5, 0.6) is 0 Å². The molecule has 4 aromatic carbocycles. The second-order valence-corrected chi connectivity index (χ2v) is 31.5. The van der Waals surface area contributed by atoms with E-state index in [1.807, 2.05) is 42.5 Å². The van der Waals surface area contributed by atoms with E-state index in [2.05, 4.69) is 73.8 Å². The van der Waals surface area contributed by atoms with Crippen LogP contribution in [0.2, 0.25) is 66.4 Å². The van der Waals surface area contributed by atoms with Gasteiger partial charge in [0.15, 0.2) is 16.6 Å². The molecule has 2 aliphatic carbocycles. The maximum absolute atomic E-state index is 12.4. The molecule has 14 heteroatoms. The predicted octanol–water partition coefficient (Wildman–Crippen LogP) is 12.9. The van der Waals surface area contributed by atoms with Crippen LogP contribution in [0.15, 0.2) is 84.9 Å². The second kappa shape index (κ2) is 24.2. The van der Waals surface area contributed by atoms with Crippen molar-refractivity contribution in [3.05, 3.63) is 138 Å². The number of benzene rings is 4. The van der Waals surface area contributed by atoms with Gasteiger partial charge in [-0.1, -0.05) is 129 Å². The maximum Gasteiger partial charge on any atom is 2.00 e. The normalized spacial score (nSPS) is 21.5. The molecule has 0 radical (unpaired) electrons. The summed E-state index contributed by atoms with van der Waals surface area (Å²) in [5.41, 5.74) is 1.64. The minimum Gasteiger partial charge on any atom is -1.00 e. The monoisotopic (exact) mass is 1070 g/mol. The van der Waals surface area contributed by atoms with Crippen LogP contribution in [0, 0.1) is 17.9 Å². The summed E-state index contributed by atoms with van der Waals surface area (Å²) in [5.74, 6) is 0.521. The number of halogens is 7. The summed E-state index contributed by atoms with van der Waals surface area (Å²) in [7, 11) is -3.64. The molecule has 0 amide bonds. The van der Waals surface area contributed by atoms with Gasteiger partial charge in [-0.15, -0.1) is 11.6 Å². The summed E-state index contributed by atoms with van der Waals surface area (Å²) >= 11 is 36.5. The van der Waals surface area contributed by atoms with Crippen molar-refractivity contribution in [2.24, 2.45) is 11.8 Å². The molecule has 0 saturated heterocycles. The molecule has 0 spiro atoms. The average Bonchev–Trinajstić information content (AvgIpc) is 3.69. The zero-order valence-corrected chi connectivity index (χ0v) is 47.2. The number of Topliss-reactive ketones (excluding diaryl/α,β-unsaturated/α-hetero) is 1. The smallest absolute Gasteiger partial charge is 1.00 e. The Morgan fingerprint density at radius 1 is 0.661 bits per heavy atom. The average molecular weight is 1080 g/mol. The minimum atomic E-state index is -1.87. The molecule has 2 aliphatic rings. The maximum atomic E-state index is 12.4. The first-order chi connectivity index (χ1) is 27.7. The van der Waals surface area contributed by atoms with Gasteiger partial charge in [-0.25, -0.2) is 0 Å². The van der Waals surface area contributed by atoms with Gasteiger partial charge < -0.3 is 30.9 Å². The molecule has 0 aliphatic heterocycles. The third-order valence-corrected chi connectivity index (χ3v) is 23.5. The van der Waals surface area contributed by atoms with Crippen LogP contribution in [0.1, 0.15) is 95.8 Å². The minimum absolute atomic E-state index is 0. The van der Waals surface area contributed by atoms with E-state index in [9.17, 15) is 9.90 Å². The second-order valence-electron chi connectivity index (χ2n) is 19.3. The summed E-state index contributed by atoms with van der Waals surface area (Å²) in [5, 5.41) is 16.1. The summed E-state index contributed by atoms with van der Waals surface area (Å²) in [6.45, 7) is 23.8. The molecule has 0 heterocycles. The van der Waals surface area contributed by atoms with Crippen LogP contribution in [0.4, 0.5) is 0 Å². The van der Waals surface area contributed by atoms with Crippen molar-refractivity contribution in [3.63, 3.8) is 0 Å². The number of rotatable bonds is 9. The molecule has 6 rings (SSSR count). The quantitative estimate of drug-likeness (QED) is 0.134. The van der Waals surface area contributed by atoms with Crippen molar-refractivity contribution in [1.82, 2.24) is 0 Å². The first-order valence-corrected chi connectivity index (χ1v) is 28.6. The molecule has 4 aromatic rings. The molecule has 0 aromatic heterocycles. The molecule has 62 heavy (non-hydrogen) atoms. The Morgan fingerprint density at radius 2 is 1.10 bits per heavy atom. The predicted molar refractivity (Wildman–Crippen MR) is 267 cm³/mol. The Hall–Kier alpha value is -0.150. The Labute approximate surface area is 430 Å². The van der Waals surface area contributed by atoms with Crippen molar-refractivity contribution in [1.29, 1.82) is 0 Å². The zero-order valence-electron chi connectivity index (χ0n) is 37.7. The van der Waals surface area contributed by atoms with Gasteiger partial charge in [-0.05, 0) is 120 Å². The molecule has 2 fully saturated rings. The topological polar surface area (TPSA) is 55.8 Å². The van der Waals surface area contributed by atoms with Crippen molar-refractivity contribution >= 4 is 115 Å². The molecule has 5 unspecified atom stereocenters. The van der Waals surface area contributed by atoms with E-state index in [4.69, 9.17) is 78.5 Å². The Balaban J connectivity index is 0.000000366. The Morgan fingerprint density at radius 3 is 1.53 bits per heavy atom.